The average Bonchev–Trinajstić information content (AvgIpc) is 3.07. The maximum absolute atomic E-state index is 11.8. The van der Waals surface area contributed by atoms with E-state index < -0.39 is 5.97 Å². The molecule has 0 saturated carbocycles. The fourth-order valence-corrected chi connectivity index (χ4v) is 1.62. The summed E-state index contributed by atoms with van der Waals surface area (Å²) in [5.41, 5.74) is 0.755. The molecule has 0 fully saturated rings. The fraction of sp³-hybridized carbons (Fsp3) is 0.583. The standard InChI is InChI=1S/C12H17N5O4/c1-4-10-13-9(15-21-10)7-17-8(2)11(14-16-17)12(18)20-6-5-19-3/h4-7H2,1-3H3. The molecule has 0 saturated heterocycles. The van der Waals surface area contributed by atoms with Gasteiger partial charge in [0.1, 0.15) is 13.2 Å². The van der Waals surface area contributed by atoms with Crippen molar-refractivity contribution in [1.82, 2.24) is 25.1 Å². The summed E-state index contributed by atoms with van der Waals surface area (Å²) in [6, 6.07) is 0. The fourth-order valence-electron chi connectivity index (χ4n) is 1.62. The Morgan fingerprint density at radius 1 is 1.38 bits per heavy atom. The van der Waals surface area contributed by atoms with Crippen LogP contribution in [-0.4, -0.2) is 51.4 Å². The van der Waals surface area contributed by atoms with E-state index in [0.29, 0.717) is 30.4 Å². The molecule has 0 aliphatic rings. The molecule has 0 aliphatic heterocycles. The number of aryl methyl sites for hydroxylation is 1. The molecule has 2 heterocycles. The molecule has 0 atom stereocenters. The lowest BCUT2D eigenvalue weighted by Crippen LogP contribution is -2.12. The van der Waals surface area contributed by atoms with Crippen molar-refractivity contribution in [3.8, 4) is 0 Å². The number of carbonyl (C=O) groups is 1. The molecule has 0 spiro atoms. The summed E-state index contributed by atoms with van der Waals surface area (Å²) in [6.07, 6.45) is 0.667. The van der Waals surface area contributed by atoms with E-state index in [0.717, 1.165) is 0 Å². The number of hydrogen-bond acceptors (Lipinski definition) is 8. The highest BCUT2D eigenvalue weighted by Crippen LogP contribution is 2.08. The largest absolute Gasteiger partial charge is 0.458 e. The van der Waals surface area contributed by atoms with Crippen molar-refractivity contribution < 1.29 is 18.8 Å². The predicted octanol–water partition coefficient (Wildman–Crippen LogP) is 0.383. The van der Waals surface area contributed by atoms with Crippen molar-refractivity contribution in [3.63, 3.8) is 0 Å². The van der Waals surface area contributed by atoms with Crippen molar-refractivity contribution in [2.75, 3.05) is 20.3 Å². The molecule has 21 heavy (non-hydrogen) atoms. The predicted molar refractivity (Wildman–Crippen MR) is 69.7 cm³/mol. The minimum absolute atomic E-state index is 0.172. The molecular formula is C12H17N5O4. The Balaban J connectivity index is 2.04. The van der Waals surface area contributed by atoms with Crippen LogP contribution in [0.4, 0.5) is 0 Å². The summed E-state index contributed by atoms with van der Waals surface area (Å²) < 4.78 is 16.4. The first-order valence-corrected chi connectivity index (χ1v) is 6.53. The second-order valence-corrected chi connectivity index (χ2v) is 4.27. The van der Waals surface area contributed by atoms with Crippen molar-refractivity contribution >= 4 is 5.97 Å². The summed E-state index contributed by atoms with van der Waals surface area (Å²) in [6.45, 7) is 4.45. The van der Waals surface area contributed by atoms with E-state index >= 15 is 0 Å². The lowest BCUT2D eigenvalue weighted by atomic mass is 10.3. The Morgan fingerprint density at radius 2 is 2.19 bits per heavy atom. The average molecular weight is 295 g/mol. The quantitative estimate of drug-likeness (QED) is 0.533. The van der Waals surface area contributed by atoms with Crippen molar-refractivity contribution in [3.05, 3.63) is 23.1 Å². The third-order valence-corrected chi connectivity index (χ3v) is 2.80. The van der Waals surface area contributed by atoms with Gasteiger partial charge in [-0.15, -0.1) is 5.10 Å². The van der Waals surface area contributed by atoms with Crippen LogP contribution in [0.15, 0.2) is 4.52 Å². The third kappa shape index (κ3) is 3.63. The van der Waals surface area contributed by atoms with E-state index in [9.17, 15) is 4.79 Å². The highest BCUT2D eigenvalue weighted by molar-refractivity contribution is 5.88. The molecule has 2 aromatic rings. The number of aromatic nitrogens is 5. The van der Waals surface area contributed by atoms with Crippen LogP contribution in [0.2, 0.25) is 0 Å². The Morgan fingerprint density at radius 3 is 2.86 bits per heavy atom. The Kier molecular flexibility index (Phi) is 4.99. The Bertz CT molecular complexity index is 607. The normalized spacial score (nSPS) is 10.8. The molecule has 2 aromatic heterocycles. The van der Waals surface area contributed by atoms with Crippen LogP contribution < -0.4 is 0 Å². The molecule has 0 bridgehead atoms. The van der Waals surface area contributed by atoms with E-state index in [2.05, 4.69) is 20.5 Å². The van der Waals surface area contributed by atoms with E-state index in [4.69, 9.17) is 14.0 Å². The minimum Gasteiger partial charge on any atom is -0.458 e. The summed E-state index contributed by atoms with van der Waals surface area (Å²) in [5.74, 6) is 0.513. The summed E-state index contributed by atoms with van der Waals surface area (Å²) >= 11 is 0. The van der Waals surface area contributed by atoms with Gasteiger partial charge in [0.25, 0.3) is 0 Å². The van der Waals surface area contributed by atoms with Crippen LogP contribution in [0.3, 0.4) is 0 Å². The monoisotopic (exact) mass is 295 g/mol. The van der Waals surface area contributed by atoms with E-state index in [1.165, 1.54) is 11.8 Å². The van der Waals surface area contributed by atoms with Crippen molar-refractivity contribution in [2.45, 2.75) is 26.8 Å². The number of esters is 1. The van der Waals surface area contributed by atoms with Crippen molar-refractivity contribution in [1.29, 1.82) is 0 Å². The van der Waals surface area contributed by atoms with Gasteiger partial charge in [-0.05, 0) is 6.92 Å². The molecule has 0 amide bonds. The zero-order chi connectivity index (χ0) is 15.2. The summed E-state index contributed by atoms with van der Waals surface area (Å²) in [5, 5.41) is 11.6. The van der Waals surface area contributed by atoms with Gasteiger partial charge in [0.2, 0.25) is 5.89 Å². The molecular weight excluding hydrogens is 278 g/mol. The van der Waals surface area contributed by atoms with Gasteiger partial charge in [-0.1, -0.05) is 17.3 Å². The van der Waals surface area contributed by atoms with Crippen LogP contribution >= 0.6 is 0 Å². The lowest BCUT2D eigenvalue weighted by molar-refractivity contribution is 0.0380. The number of hydrogen-bond donors (Lipinski definition) is 0. The van der Waals surface area contributed by atoms with Gasteiger partial charge in [-0.2, -0.15) is 4.98 Å². The maximum atomic E-state index is 11.8. The molecule has 9 nitrogen and oxygen atoms in total. The molecule has 114 valence electrons. The van der Waals surface area contributed by atoms with Crippen LogP contribution in [0.25, 0.3) is 0 Å². The smallest absolute Gasteiger partial charge is 0.360 e. The Hall–Kier alpha value is -2.29. The van der Waals surface area contributed by atoms with Gasteiger partial charge in [0.15, 0.2) is 11.5 Å². The molecule has 0 aromatic carbocycles. The van der Waals surface area contributed by atoms with E-state index in [-0.39, 0.29) is 18.8 Å². The van der Waals surface area contributed by atoms with Gasteiger partial charge in [0.05, 0.1) is 12.3 Å². The number of ether oxygens (including phenoxy) is 2. The number of carbonyl (C=O) groups excluding carboxylic acids is 1. The second kappa shape index (κ2) is 6.93. The molecule has 0 aliphatic carbocycles. The van der Waals surface area contributed by atoms with Gasteiger partial charge in [0, 0.05) is 13.5 Å². The SMILES string of the molecule is CCc1nc(Cn2nnc(C(=O)OCCOC)c2C)no1. The van der Waals surface area contributed by atoms with Gasteiger partial charge in [-0.3, -0.25) is 0 Å². The first-order chi connectivity index (χ1) is 10.2. The molecule has 0 N–H and O–H groups in total. The molecule has 0 unspecified atom stereocenters. The molecule has 0 radical (unpaired) electrons. The molecule has 2 rings (SSSR count). The number of methoxy groups -OCH3 is 1. The lowest BCUT2D eigenvalue weighted by Gasteiger charge is -2.02. The van der Waals surface area contributed by atoms with E-state index in [1.54, 1.807) is 6.92 Å². The van der Waals surface area contributed by atoms with Gasteiger partial charge >= 0.3 is 5.97 Å². The zero-order valence-corrected chi connectivity index (χ0v) is 12.2. The highest BCUT2D eigenvalue weighted by atomic mass is 16.6. The van der Waals surface area contributed by atoms with Crippen LogP contribution in [-0.2, 0) is 22.4 Å². The second-order valence-electron chi connectivity index (χ2n) is 4.27. The van der Waals surface area contributed by atoms with Crippen molar-refractivity contribution in [2.24, 2.45) is 0 Å². The zero-order valence-electron chi connectivity index (χ0n) is 12.2. The Labute approximate surface area is 121 Å². The van der Waals surface area contributed by atoms with Crippen LogP contribution in [0.5, 0.6) is 0 Å². The third-order valence-electron chi connectivity index (χ3n) is 2.80. The number of nitrogens with zero attached hydrogens (tertiary/aromatic N) is 5. The summed E-state index contributed by atoms with van der Waals surface area (Å²) in [7, 11) is 1.53. The topological polar surface area (TPSA) is 105 Å². The van der Waals surface area contributed by atoms with Gasteiger partial charge in [-0.25, -0.2) is 9.48 Å². The van der Waals surface area contributed by atoms with Gasteiger partial charge < -0.3 is 14.0 Å². The minimum atomic E-state index is -0.529. The molecule has 9 heteroatoms. The van der Waals surface area contributed by atoms with Crippen LogP contribution in [0.1, 0.15) is 34.8 Å². The highest BCUT2D eigenvalue weighted by Gasteiger charge is 2.19. The number of rotatable bonds is 7. The first kappa shape index (κ1) is 15.1. The first-order valence-electron chi connectivity index (χ1n) is 6.53. The summed E-state index contributed by atoms with van der Waals surface area (Å²) in [4.78, 5) is 16.0. The maximum Gasteiger partial charge on any atom is 0.360 e. The van der Waals surface area contributed by atoms with E-state index in [1.807, 2.05) is 6.92 Å². The van der Waals surface area contributed by atoms with Crippen LogP contribution in [0, 0.1) is 6.92 Å².